The lowest BCUT2D eigenvalue weighted by molar-refractivity contribution is 0.151. The van der Waals surface area contributed by atoms with E-state index >= 15 is 0 Å². The summed E-state index contributed by atoms with van der Waals surface area (Å²) in [6.45, 7) is 34.4. The van der Waals surface area contributed by atoms with Gasteiger partial charge in [0.05, 0.1) is 0 Å². The maximum absolute atomic E-state index is 10.4. The Morgan fingerprint density at radius 3 is 1.28 bits per heavy atom. The van der Waals surface area contributed by atoms with Crippen molar-refractivity contribution in [3.05, 3.63) is 27.8 Å². The summed E-state index contributed by atoms with van der Waals surface area (Å²) in [5.74, 6) is 1.27. The third-order valence-electron chi connectivity index (χ3n) is 8.65. The first-order valence-corrected chi connectivity index (χ1v) is 16.1. The zero-order chi connectivity index (χ0) is 30.1. The fraction of sp³-hybridized carbons (Fsp3) is 0.818. The van der Waals surface area contributed by atoms with Gasteiger partial charge in [-0.15, -0.1) is 0 Å². The Morgan fingerprint density at radius 1 is 0.641 bits per heavy atom. The molecule has 5 nitrogen and oxygen atoms in total. The van der Waals surface area contributed by atoms with Crippen LogP contribution in [-0.2, 0) is 10.8 Å². The van der Waals surface area contributed by atoms with Crippen LogP contribution in [0, 0.1) is 6.92 Å². The van der Waals surface area contributed by atoms with E-state index in [1.165, 1.54) is 22.3 Å². The molecule has 224 valence electrons. The number of rotatable bonds is 4. The number of benzene rings is 1. The van der Waals surface area contributed by atoms with Gasteiger partial charge < -0.3 is 24.9 Å². The number of piperidine rings is 2. The molecule has 2 saturated heterocycles. The van der Waals surface area contributed by atoms with Gasteiger partial charge in [-0.25, -0.2) is 0 Å². The van der Waals surface area contributed by atoms with Gasteiger partial charge in [-0.3, -0.25) is 0 Å². The molecule has 0 aromatic heterocycles. The molecule has 0 bridgehead atoms. The highest BCUT2D eigenvalue weighted by Gasteiger charge is 2.47. The van der Waals surface area contributed by atoms with E-state index in [1.807, 2.05) is 0 Å². The fourth-order valence-electron chi connectivity index (χ4n) is 8.82. The molecule has 1 aromatic rings. The van der Waals surface area contributed by atoms with Gasteiger partial charge in [-0.1, -0.05) is 41.5 Å². The lowest BCUT2D eigenvalue weighted by Crippen LogP contribution is -2.58. The topological polar surface area (TPSA) is 73.8 Å². The molecule has 0 amide bonds. The van der Waals surface area contributed by atoms with Crippen molar-refractivity contribution in [2.45, 2.75) is 174 Å². The van der Waals surface area contributed by atoms with Crippen molar-refractivity contribution < 1.29 is 14.3 Å². The summed E-state index contributed by atoms with van der Waals surface area (Å²) >= 11 is 0. The summed E-state index contributed by atoms with van der Waals surface area (Å²) in [5, 5.41) is 7.77. The molecule has 1 aromatic carbocycles. The molecule has 0 radical (unpaired) electrons. The van der Waals surface area contributed by atoms with Gasteiger partial charge in [-0.2, -0.15) is 0 Å². The first-order valence-electron chi connectivity index (χ1n) is 14.9. The molecule has 3 rings (SSSR count). The summed E-state index contributed by atoms with van der Waals surface area (Å²) in [4.78, 5) is 20.8. The van der Waals surface area contributed by atoms with E-state index in [0.29, 0.717) is 5.92 Å². The molecule has 0 aliphatic carbocycles. The third-order valence-corrected chi connectivity index (χ3v) is 9.00. The minimum atomic E-state index is -2.57. The zero-order valence-electron chi connectivity index (χ0n) is 27.7. The molecular weight excluding hydrogens is 503 g/mol. The molecule has 2 aliphatic rings. The normalized spacial score (nSPS) is 23.7. The van der Waals surface area contributed by atoms with Crippen LogP contribution in [0.25, 0.3) is 0 Å². The Morgan fingerprint density at radius 2 is 0.974 bits per heavy atom. The average Bonchev–Trinajstić information content (AvgIpc) is 2.59. The Bertz CT molecular complexity index is 1040. The largest absolute Gasteiger partial charge is 0.426 e. The SMILES string of the molecule is Cc1c(C(C)(C)C)c(OP(O)O)c(C2CC(C)(C)NC(C)(C)C2)c(C2CC(C)(C)NC(C)(C)C2)c1C(C)(C)C. The molecule has 39 heavy (non-hydrogen) atoms. The molecule has 0 saturated carbocycles. The van der Waals surface area contributed by atoms with E-state index in [0.717, 1.165) is 37.0 Å². The van der Waals surface area contributed by atoms with Gasteiger partial charge in [0.2, 0.25) is 0 Å². The highest BCUT2D eigenvalue weighted by atomic mass is 31.2. The van der Waals surface area contributed by atoms with Crippen molar-refractivity contribution in [1.29, 1.82) is 0 Å². The summed E-state index contributed by atoms with van der Waals surface area (Å²) in [7, 11) is -2.57. The average molecular weight is 563 g/mol. The first-order chi connectivity index (χ1) is 17.3. The second-order valence-electron chi connectivity index (χ2n) is 17.4. The maximum Gasteiger partial charge on any atom is 0.391 e. The lowest BCUT2D eigenvalue weighted by atomic mass is 9.62. The Hall–Kier alpha value is -0.710. The van der Waals surface area contributed by atoms with Crippen molar-refractivity contribution in [2.75, 3.05) is 0 Å². The van der Waals surface area contributed by atoms with Gasteiger partial charge in [0, 0.05) is 33.3 Å². The molecule has 2 aliphatic heterocycles. The van der Waals surface area contributed by atoms with E-state index in [9.17, 15) is 9.79 Å². The predicted molar refractivity (Wildman–Crippen MR) is 167 cm³/mol. The number of nitrogens with one attached hydrogen (secondary N) is 2. The molecule has 0 atom stereocenters. The monoisotopic (exact) mass is 562 g/mol. The third kappa shape index (κ3) is 7.39. The second kappa shape index (κ2) is 10.2. The van der Waals surface area contributed by atoms with Crippen molar-refractivity contribution in [1.82, 2.24) is 10.6 Å². The second-order valence-corrected chi connectivity index (χ2v) is 18.1. The van der Waals surface area contributed by atoms with Crippen molar-refractivity contribution in [2.24, 2.45) is 0 Å². The molecule has 0 spiro atoms. The predicted octanol–water partition coefficient (Wildman–Crippen LogP) is 8.23. The van der Waals surface area contributed by atoms with Crippen LogP contribution in [0.4, 0.5) is 0 Å². The van der Waals surface area contributed by atoms with Crippen LogP contribution in [0.2, 0.25) is 0 Å². The van der Waals surface area contributed by atoms with Crippen LogP contribution in [0.3, 0.4) is 0 Å². The number of hydrogen-bond acceptors (Lipinski definition) is 5. The number of hydrogen-bond donors (Lipinski definition) is 4. The smallest absolute Gasteiger partial charge is 0.391 e. The molecule has 0 unspecified atom stereocenters. The van der Waals surface area contributed by atoms with Crippen LogP contribution < -0.4 is 15.2 Å². The highest BCUT2D eigenvalue weighted by molar-refractivity contribution is 7.39. The van der Waals surface area contributed by atoms with Gasteiger partial charge in [0.1, 0.15) is 5.75 Å². The van der Waals surface area contributed by atoms with Gasteiger partial charge in [0.15, 0.2) is 0 Å². The highest BCUT2D eigenvalue weighted by Crippen LogP contribution is 2.56. The van der Waals surface area contributed by atoms with Crippen molar-refractivity contribution in [3.8, 4) is 5.75 Å². The van der Waals surface area contributed by atoms with E-state index in [-0.39, 0.29) is 38.9 Å². The minimum Gasteiger partial charge on any atom is -0.426 e. The summed E-state index contributed by atoms with van der Waals surface area (Å²) in [6.07, 6.45) is 3.96. The first kappa shape index (κ1) is 32.8. The van der Waals surface area contributed by atoms with Crippen molar-refractivity contribution >= 4 is 8.60 Å². The Balaban J connectivity index is 2.56. The summed E-state index contributed by atoms with van der Waals surface area (Å²) in [6, 6.07) is 0. The zero-order valence-corrected chi connectivity index (χ0v) is 28.6. The minimum absolute atomic E-state index is 0.0241. The van der Waals surface area contributed by atoms with Crippen molar-refractivity contribution in [3.63, 3.8) is 0 Å². The quantitative estimate of drug-likeness (QED) is 0.278. The van der Waals surface area contributed by atoms with Crippen LogP contribution in [0.1, 0.15) is 162 Å². The standard InChI is InChI=1S/C33H59N2O3P/c1-20-25(28(2,3)4)23(21-16-30(8,9)34-31(10,11)17-21)24(22-18-32(12,13)35-33(14,15)19-22)27(38-39(36)37)26(20)29(5,6)7/h21-22,34-37H,16-19H2,1-15H3. The van der Waals surface area contributed by atoms with Gasteiger partial charge >= 0.3 is 8.60 Å². The molecule has 4 N–H and O–H groups in total. The lowest BCUT2D eigenvalue weighted by Gasteiger charge is -2.51. The van der Waals surface area contributed by atoms with Gasteiger partial charge in [-0.05, 0) is 127 Å². The Kier molecular flexibility index (Phi) is 8.60. The van der Waals surface area contributed by atoms with E-state index in [4.69, 9.17) is 4.52 Å². The maximum atomic E-state index is 10.4. The van der Waals surface area contributed by atoms with Crippen LogP contribution in [0.15, 0.2) is 0 Å². The summed E-state index contributed by atoms with van der Waals surface area (Å²) < 4.78 is 6.22. The Labute approximate surface area is 241 Å². The van der Waals surface area contributed by atoms with E-state index < -0.39 is 8.60 Å². The van der Waals surface area contributed by atoms with E-state index in [2.05, 4.69) is 114 Å². The molecular formula is C33H59N2O3P. The van der Waals surface area contributed by atoms with Crippen LogP contribution in [0.5, 0.6) is 5.75 Å². The molecule has 2 heterocycles. The van der Waals surface area contributed by atoms with Crippen LogP contribution in [-0.4, -0.2) is 31.9 Å². The fourth-order valence-corrected chi connectivity index (χ4v) is 9.17. The molecule has 6 heteroatoms. The molecule has 2 fully saturated rings. The van der Waals surface area contributed by atoms with Crippen LogP contribution >= 0.6 is 8.60 Å². The summed E-state index contributed by atoms with van der Waals surface area (Å²) in [5.41, 5.74) is 5.90. The van der Waals surface area contributed by atoms with Gasteiger partial charge in [0.25, 0.3) is 0 Å². The van der Waals surface area contributed by atoms with E-state index in [1.54, 1.807) is 0 Å².